The molecule has 0 unspecified atom stereocenters. The van der Waals surface area contributed by atoms with Crippen LogP contribution in [0.15, 0.2) is 60.5 Å². The van der Waals surface area contributed by atoms with E-state index in [0.29, 0.717) is 30.0 Å². The molecule has 42 heavy (non-hydrogen) atoms. The molecule has 5 rings (SSSR count). The Morgan fingerprint density at radius 2 is 1.74 bits per heavy atom. The number of carbonyl (C=O) groups excluding carboxylic acids is 1. The number of benzene rings is 2. The minimum atomic E-state index is -3.62. The second-order valence-electron chi connectivity index (χ2n) is 10.0. The van der Waals surface area contributed by atoms with Crippen molar-refractivity contribution in [1.29, 1.82) is 0 Å². The van der Waals surface area contributed by atoms with Crippen LogP contribution in [-0.2, 0) is 19.5 Å². The molecule has 0 radical (unpaired) electrons. The van der Waals surface area contributed by atoms with E-state index in [1.165, 1.54) is 22.5 Å². The molecule has 230 valence electrons. The molecule has 1 N–H and O–H groups in total. The predicted octanol–water partition coefficient (Wildman–Crippen LogP) is 5.37. The maximum Gasteiger partial charge on any atom is 0.244 e. The van der Waals surface area contributed by atoms with E-state index in [4.69, 9.17) is 9.47 Å². The first kappa shape index (κ1) is 33.5. The number of fused-ring (bicyclic) bond motifs is 2. The van der Waals surface area contributed by atoms with Crippen LogP contribution in [-0.4, -0.2) is 85.8 Å². The van der Waals surface area contributed by atoms with E-state index in [1.807, 2.05) is 20.8 Å². The van der Waals surface area contributed by atoms with Gasteiger partial charge in [0.15, 0.2) is 12.1 Å². The van der Waals surface area contributed by atoms with E-state index < -0.39 is 10.0 Å². The Morgan fingerprint density at radius 3 is 2.40 bits per heavy atom. The quantitative estimate of drug-likeness (QED) is 0.260. The molecule has 0 spiro atoms. The van der Waals surface area contributed by atoms with Gasteiger partial charge in [-0.25, -0.2) is 12.8 Å². The minimum absolute atomic E-state index is 0.0370. The number of likely N-dealkylation sites (tertiary alicyclic amines) is 1. The van der Waals surface area contributed by atoms with E-state index in [0.717, 1.165) is 56.8 Å². The Hall–Kier alpha value is -2.96. The molecule has 0 amide bonds. The van der Waals surface area contributed by atoms with Gasteiger partial charge in [0.25, 0.3) is 0 Å². The number of hydrogen-bond acceptors (Lipinski definition) is 7. The standard InChI is InChI=1S/C23H25FN4O3S.C6H14O2.C2H4/c24-17-6-7-18-20(14-17)25-26-23(18)16-8-12-27(13-9-16)10-3-11-28-15-21(29)19-4-1-2-5-22(19)32(28,30)31;1-4-7-6(3)8-5-2;1-2/h1-2,4-7,14,16H,3,8-13,15H2,(H,25,26);6H,4-5H2,1-3H3;1-2H2. The van der Waals surface area contributed by atoms with E-state index in [-0.39, 0.29) is 29.3 Å². The molecule has 0 bridgehead atoms. The van der Waals surface area contributed by atoms with Gasteiger partial charge in [-0.3, -0.25) is 9.89 Å². The number of hydrogen-bond donors (Lipinski definition) is 1. The third kappa shape index (κ3) is 8.32. The molecule has 11 heteroatoms. The number of rotatable bonds is 9. The highest BCUT2D eigenvalue weighted by Gasteiger charge is 2.35. The molecule has 1 saturated heterocycles. The van der Waals surface area contributed by atoms with Crippen LogP contribution < -0.4 is 0 Å². The number of carbonyl (C=O) groups is 1. The first-order chi connectivity index (χ1) is 20.2. The molecule has 3 aromatic rings. The fourth-order valence-electron chi connectivity index (χ4n) is 5.34. The average Bonchev–Trinajstić information content (AvgIpc) is 3.41. The summed E-state index contributed by atoms with van der Waals surface area (Å²) in [6, 6.07) is 11.1. The zero-order chi connectivity index (χ0) is 30.7. The number of H-pyrrole nitrogens is 1. The normalized spacial score (nSPS) is 17.3. The van der Waals surface area contributed by atoms with Gasteiger partial charge in [0.05, 0.1) is 17.0 Å². The molecule has 2 aromatic carbocycles. The van der Waals surface area contributed by atoms with Crippen molar-refractivity contribution in [3.8, 4) is 0 Å². The van der Waals surface area contributed by atoms with Gasteiger partial charge in [0.1, 0.15) is 5.82 Å². The first-order valence-electron chi connectivity index (χ1n) is 14.5. The summed E-state index contributed by atoms with van der Waals surface area (Å²) in [6.45, 7) is 16.1. The number of aromatic amines is 1. The van der Waals surface area contributed by atoms with Crippen molar-refractivity contribution in [2.75, 3.05) is 45.9 Å². The van der Waals surface area contributed by atoms with Gasteiger partial charge >= 0.3 is 0 Å². The highest BCUT2D eigenvalue weighted by atomic mass is 32.2. The predicted molar refractivity (Wildman–Crippen MR) is 163 cm³/mol. The van der Waals surface area contributed by atoms with Crippen LogP contribution >= 0.6 is 0 Å². The highest BCUT2D eigenvalue weighted by Crippen LogP contribution is 2.32. The number of aromatic nitrogens is 2. The monoisotopic (exact) mass is 602 g/mol. The largest absolute Gasteiger partial charge is 0.353 e. The summed E-state index contributed by atoms with van der Waals surface area (Å²) in [5.41, 5.74) is 2.01. The molecule has 9 nitrogen and oxygen atoms in total. The van der Waals surface area contributed by atoms with Gasteiger partial charge in [-0.2, -0.15) is 9.40 Å². The number of halogens is 1. The Balaban J connectivity index is 0.000000421. The lowest BCUT2D eigenvalue weighted by Crippen LogP contribution is -2.42. The lowest BCUT2D eigenvalue weighted by Gasteiger charge is -2.32. The summed E-state index contributed by atoms with van der Waals surface area (Å²) in [4.78, 5) is 14.8. The molecule has 0 saturated carbocycles. The Labute approximate surface area is 248 Å². The molecule has 0 aliphatic carbocycles. The van der Waals surface area contributed by atoms with E-state index in [2.05, 4.69) is 28.3 Å². The topological polar surface area (TPSA) is 105 Å². The van der Waals surface area contributed by atoms with Crippen LogP contribution in [0.3, 0.4) is 0 Å². The van der Waals surface area contributed by atoms with Crippen molar-refractivity contribution in [3.63, 3.8) is 0 Å². The van der Waals surface area contributed by atoms with Crippen LogP contribution in [0.5, 0.6) is 0 Å². The Morgan fingerprint density at radius 1 is 1.07 bits per heavy atom. The minimum Gasteiger partial charge on any atom is -0.353 e. The smallest absolute Gasteiger partial charge is 0.244 e. The van der Waals surface area contributed by atoms with Gasteiger partial charge < -0.3 is 14.4 Å². The molecule has 0 atom stereocenters. The zero-order valence-electron chi connectivity index (χ0n) is 24.9. The fourth-order valence-corrected chi connectivity index (χ4v) is 6.99. The molecule has 1 aromatic heterocycles. The van der Waals surface area contributed by atoms with Gasteiger partial charge in [0, 0.05) is 48.4 Å². The van der Waals surface area contributed by atoms with E-state index in [1.54, 1.807) is 24.3 Å². The van der Waals surface area contributed by atoms with Crippen molar-refractivity contribution in [1.82, 2.24) is 19.4 Å². The molecule has 3 heterocycles. The zero-order valence-corrected chi connectivity index (χ0v) is 25.7. The SMILES string of the molecule is C=C.CCOC(C)OCC.O=C1CN(CCCN2CCC(c3[nH]nc4cc(F)ccc34)CC2)S(=O)(=O)c2ccccc21. The van der Waals surface area contributed by atoms with Crippen LogP contribution in [0.25, 0.3) is 10.9 Å². The van der Waals surface area contributed by atoms with Gasteiger partial charge in [-0.1, -0.05) is 12.1 Å². The van der Waals surface area contributed by atoms with E-state index in [9.17, 15) is 17.6 Å². The third-order valence-electron chi connectivity index (χ3n) is 7.35. The van der Waals surface area contributed by atoms with Crippen LogP contribution in [0, 0.1) is 5.82 Å². The number of ketones is 1. The molecular weight excluding hydrogens is 559 g/mol. The number of sulfonamides is 1. The number of piperidine rings is 1. The second-order valence-corrected chi connectivity index (χ2v) is 11.9. The summed E-state index contributed by atoms with van der Waals surface area (Å²) in [5, 5.41) is 8.31. The lowest BCUT2D eigenvalue weighted by atomic mass is 9.91. The van der Waals surface area contributed by atoms with Crippen molar-refractivity contribution in [2.45, 2.75) is 57.1 Å². The van der Waals surface area contributed by atoms with Crippen LogP contribution in [0.2, 0.25) is 0 Å². The molecular formula is C31H43FN4O5S. The van der Waals surface area contributed by atoms with Crippen molar-refractivity contribution in [2.24, 2.45) is 0 Å². The first-order valence-corrected chi connectivity index (χ1v) is 15.9. The summed E-state index contributed by atoms with van der Waals surface area (Å²) in [5.74, 6) is -0.0903. The van der Waals surface area contributed by atoms with Crippen molar-refractivity contribution >= 4 is 26.7 Å². The van der Waals surface area contributed by atoms with Crippen molar-refractivity contribution < 1.29 is 27.1 Å². The van der Waals surface area contributed by atoms with Gasteiger partial charge in [-0.15, -0.1) is 13.2 Å². The van der Waals surface area contributed by atoms with Gasteiger partial charge in [0.2, 0.25) is 10.0 Å². The second kappa shape index (κ2) is 16.0. The maximum atomic E-state index is 13.4. The summed E-state index contributed by atoms with van der Waals surface area (Å²) in [6.07, 6.45) is 2.56. The molecule has 1 fully saturated rings. The third-order valence-corrected chi connectivity index (χ3v) is 9.26. The Kier molecular flexibility index (Phi) is 12.8. The van der Waals surface area contributed by atoms with Crippen LogP contribution in [0.4, 0.5) is 4.39 Å². The lowest BCUT2D eigenvalue weighted by molar-refractivity contribution is -0.123. The number of nitrogens with one attached hydrogen (secondary N) is 1. The molecule has 2 aliphatic heterocycles. The molecule has 2 aliphatic rings. The summed E-state index contributed by atoms with van der Waals surface area (Å²) >= 11 is 0. The van der Waals surface area contributed by atoms with Crippen LogP contribution in [0.1, 0.15) is 62.0 Å². The summed E-state index contributed by atoms with van der Waals surface area (Å²) < 4.78 is 50.6. The van der Waals surface area contributed by atoms with Crippen molar-refractivity contribution in [3.05, 3.63) is 72.7 Å². The van der Waals surface area contributed by atoms with Gasteiger partial charge in [-0.05, 0) is 83.9 Å². The van der Waals surface area contributed by atoms with E-state index >= 15 is 0 Å². The average molecular weight is 603 g/mol. The maximum absolute atomic E-state index is 13.4. The number of nitrogens with zero attached hydrogens (tertiary/aromatic N) is 3. The Bertz CT molecular complexity index is 1400. The number of ether oxygens (including phenoxy) is 2. The number of Topliss-reactive ketones (excluding diaryl/α,β-unsaturated/α-hetero) is 1. The highest BCUT2D eigenvalue weighted by molar-refractivity contribution is 7.89. The fraction of sp³-hybridized carbons (Fsp3) is 0.484. The summed E-state index contributed by atoms with van der Waals surface area (Å²) in [7, 11) is -3.62.